The zero-order chi connectivity index (χ0) is 21.0. The van der Waals surface area contributed by atoms with Gasteiger partial charge in [-0.15, -0.1) is 0 Å². The highest BCUT2D eigenvalue weighted by Gasteiger charge is 2.33. The molecule has 2 heterocycles. The number of methoxy groups -OCH3 is 3. The van der Waals surface area contributed by atoms with E-state index >= 15 is 0 Å². The molecule has 0 aliphatic carbocycles. The van der Waals surface area contributed by atoms with Crippen LogP contribution in [0.4, 0.5) is 0 Å². The van der Waals surface area contributed by atoms with Gasteiger partial charge in [0, 0.05) is 43.9 Å². The summed E-state index contributed by atoms with van der Waals surface area (Å²) in [5.41, 5.74) is 1.76. The average molecular weight is 422 g/mol. The van der Waals surface area contributed by atoms with Crippen molar-refractivity contribution in [1.29, 1.82) is 0 Å². The molecule has 0 N–H and O–H groups in total. The van der Waals surface area contributed by atoms with E-state index in [1.165, 1.54) is 24.6 Å². The van der Waals surface area contributed by atoms with Gasteiger partial charge in [0.05, 0.1) is 31.4 Å². The van der Waals surface area contributed by atoms with Crippen LogP contribution in [-0.4, -0.2) is 57.1 Å². The van der Waals surface area contributed by atoms with Gasteiger partial charge in [-0.05, 0) is 31.9 Å². The van der Waals surface area contributed by atoms with E-state index in [1.807, 2.05) is 6.92 Å². The standard InChI is InChI=1S/C20H27N3O5S/c1-14-21-11-16(13-26-2)20(22-14)15-6-5-9-23(12-15)29(24,25)17-7-8-18(27-3)19(10-17)28-4/h7-8,10-11,15H,5-6,9,12-13H2,1-4H3. The van der Waals surface area contributed by atoms with Crippen molar-refractivity contribution in [3.63, 3.8) is 0 Å². The molecule has 1 saturated heterocycles. The van der Waals surface area contributed by atoms with Gasteiger partial charge in [-0.1, -0.05) is 0 Å². The Morgan fingerprint density at radius 1 is 1.17 bits per heavy atom. The fourth-order valence-electron chi connectivity index (χ4n) is 3.64. The number of rotatable bonds is 7. The number of nitrogens with zero attached hydrogens (tertiary/aromatic N) is 3. The van der Waals surface area contributed by atoms with Gasteiger partial charge in [-0.3, -0.25) is 0 Å². The molecule has 1 aromatic heterocycles. The van der Waals surface area contributed by atoms with Crippen LogP contribution in [0.3, 0.4) is 0 Å². The zero-order valence-corrected chi connectivity index (χ0v) is 18.0. The van der Waals surface area contributed by atoms with E-state index in [2.05, 4.69) is 9.97 Å². The molecule has 3 rings (SSSR count). The molecule has 9 heteroatoms. The largest absolute Gasteiger partial charge is 0.493 e. The summed E-state index contributed by atoms with van der Waals surface area (Å²) in [7, 11) is 0.953. The third-order valence-electron chi connectivity index (χ3n) is 5.08. The first-order valence-corrected chi connectivity index (χ1v) is 10.9. The van der Waals surface area contributed by atoms with Gasteiger partial charge in [0.15, 0.2) is 11.5 Å². The van der Waals surface area contributed by atoms with Crippen LogP contribution < -0.4 is 9.47 Å². The molecule has 0 saturated carbocycles. The van der Waals surface area contributed by atoms with Crippen molar-refractivity contribution in [1.82, 2.24) is 14.3 Å². The summed E-state index contributed by atoms with van der Waals surface area (Å²) in [5.74, 6) is 1.53. The Labute approximate surface area is 171 Å². The van der Waals surface area contributed by atoms with E-state index < -0.39 is 10.0 Å². The average Bonchev–Trinajstić information content (AvgIpc) is 2.74. The Balaban J connectivity index is 1.90. The van der Waals surface area contributed by atoms with Crippen molar-refractivity contribution in [3.8, 4) is 11.5 Å². The second-order valence-corrected chi connectivity index (χ2v) is 8.92. The molecule has 29 heavy (non-hydrogen) atoms. The number of aryl methyl sites for hydroxylation is 1. The third kappa shape index (κ3) is 4.52. The van der Waals surface area contributed by atoms with Crippen LogP contribution in [0.1, 0.15) is 35.8 Å². The normalized spacial score (nSPS) is 17.9. The molecule has 1 aliphatic heterocycles. The molecule has 1 unspecified atom stereocenters. The number of ether oxygens (including phenoxy) is 3. The summed E-state index contributed by atoms with van der Waals surface area (Å²) >= 11 is 0. The smallest absolute Gasteiger partial charge is 0.243 e. The molecule has 1 fully saturated rings. The van der Waals surface area contributed by atoms with E-state index in [-0.39, 0.29) is 10.8 Å². The van der Waals surface area contributed by atoms with E-state index in [9.17, 15) is 8.42 Å². The quantitative estimate of drug-likeness (QED) is 0.678. The molecular formula is C20H27N3O5S. The SMILES string of the molecule is COCc1cnc(C)nc1C1CCCN(S(=O)(=O)c2ccc(OC)c(OC)c2)C1. The highest BCUT2D eigenvalue weighted by Crippen LogP contribution is 2.34. The summed E-state index contributed by atoms with van der Waals surface area (Å²) in [6, 6.07) is 4.66. The van der Waals surface area contributed by atoms with Crippen molar-refractivity contribution in [3.05, 3.63) is 41.5 Å². The van der Waals surface area contributed by atoms with Gasteiger partial charge in [0.25, 0.3) is 0 Å². The number of sulfonamides is 1. The molecule has 2 aromatic rings. The highest BCUT2D eigenvalue weighted by atomic mass is 32.2. The number of hydrogen-bond acceptors (Lipinski definition) is 7. The van der Waals surface area contributed by atoms with Crippen LogP contribution in [-0.2, 0) is 21.4 Å². The summed E-state index contributed by atoms with van der Waals surface area (Å²) in [6.07, 6.45) is 3.39. The molecule has 0 amide bonds. The lowest BCUT2D eigenvalue weighted by Crippen LogP contribution is -2.39. The highest BCUT2D eigenvalue weighted by molar-refractivity contribution is 7.89. The predicted octanol–water partition coefficient (Wildman–Crippen LogP) is 2.52. The minimum atomic E-state index is -3.67. The third-order valence-corrected chi connectivity index (χ3v) is 6.94. The summed E-state index contributed by atoms with van der Waals surface area (Å²) in [6.45, 7) is 3.07. The summed E-state index contributed by atoms with van der Waals surface area (Å²) < 4.78 is 43.8. The lowest BCUT2D eigenvalue weighted by Gasteiger charge is -2.32. The van der Waals surface area contributed by atoms with E-state index in [4.69, 9.17) is 14.2 Å². The molecule has 158 valence electrons. The number of benzene rings is 1. The van der Waals surface area contributed by atoms with Crippen molar-refractivity contribution in [2.24, 2.45) is 0 Å². The van der Waals surface area contributed by atoms with Gasteiger partial charge in [0.1, 0.15) is 5.82 Å². The summed E-state index contributed by atoms with van der Waals surface area (Å²) in [5, 5.41) is 0. The van der Waals surface area contributed by atoms with E-state index in [0.29, 0.717) is 37.0 Å². The molecule has 1 atom stereocenters. The zero-order valence-electron chi connectivity index (χ0n) is 17.2. The fraction of sp³-hybridized carbons (Fsp3) is 0.500. The second kappa shape index (κ2) is 9.06. The van der Waals surface area contributed by atoms with Crippen LogP contribution in [0.25, 0.3) is 0 Å². The Kier molecular flexibility index (Phi) is 6.71. The maximum Gasteiger partial charge on any atom is 0.243 e. The number of hydrogen-bond donors (Lipinski definition) is 0. The first-order valence-electron chi connectivity index (χ1n) is 9.44. The monoisotopic (exact) mass is 421 g/mol. The first-order chi connectivity index (χ1) is 13.9. The van der Waals surface area contributed by atoms with Crippen LogP contribution in [0.15, 0.2) is 29.3 Å². The second-order valence-electron chi connectivity index (χ2n) is 6.98. The molecular weight excluding hydrogens is 394 g/mol. The van der Waals surface area contributed by atoms with Crippen molar-refractivity contribution >= 4 is 10.0 Å². The molecule has 8 nitrogen and oxygen atoms in total. The Morgan fingerprint density at radius 2 is 1.93 bits per heavy atom. The Hall–Kier alpha value is -2.23. The number of aromatic nitrogens is 2. The molecule has 0 radical (unpaired) electrons. The maximum absolute atomic E-state index is 13.3. The Bertz CT molecular complexity index is 965. The van der Waals surface area contributed by atoms with E-state index in [0.717, 1.165) is 24.1 Å². The van der Waals surface area contributed by atoms with E-state index in [1.54, 1.807) is 25.4 Å². The lowest BCUT2D eigenvalue weighted by molar-refractivity contribution is 0.182. The van der Waals surface area contributed by atoms with Crippen molar-refractivity contribution < 1.29 is 22.6 Å². The predicted molar refractivity (Wildman–Crippen MR) is 108 cm³/mol. The molecule has 1 aromatic carbocycles. The summed E-state index contributed by atoms with van der Waals surface area (Å²) in [4.78, 5) is 9.05. The number of piperidine rings is 1. The fourth-order valence-corrected chi connectivity index (χ4v) is 5.18. The molecule has 1 aliphatic rings. The van der Waals surface area contributed by atoms with Gasteiger partial charge >= 0.3 is 0 Å². The minimum absolute atomic E-state index is 0.00878. The molecule has 0 spiro atoms. The van der Waals surface area contributed by atoms with Crippen molar-refractivity contribution in [2.75, 3.05) is 34.4 Å². The first kappa shape index (κ1) is 21.5. The van der Waals surface area contributed by atoms with Crippen LogP contribution in [0.5, 0.6) is 11.5 Å². The van der Waals surface area contributed by atoms with Gasteiger partial charge in [-0.25, -0.2) is 18.4 Å². The van der Waals surface area contributed by atoms with Crippen LogP contribution in [0, 0.1) is 6.92 Å². The molecule has 0 bridgehead atoms. The topological polar surface area (TPSA) is 90.9 Å². The van der Waals surface area contributed by atoms with Gasteiger partial charge in [-0.2, -0.15) is 4.31 Å². The van der Waals surface area contributed by atoms with Gasteiger partial charge < -0.3 is 14.2 Å². The lowest BCUT2D eigenvalue weighted by atomic mass is 9.93. The van der Waals surface area contributed by atoms with Gasteiger partial charge in [0.2, 0.25) is 10.0 Å². The van der Waals surface area contributed by atoms with Crippen LogP contribution >= 0.6 is 0 Å². The Morgan fingerprint density at radius 3 is 2.62 bits per heavy atom. The maximum atomic E-state index is 13.3. The minimum Gasteiger partial charge on any atom is -0.493 e. The van der Waals surface area contributed by atoms with Crippen LogP contribution in [0.2, 0.25) is 0 Å². The van der Waals surface area contributed by atoms with Crippen molar-refractivity contribution in [2.45, 2.75) is 37.2 Å².